The fourth-order valence-corrected chi connectivity index (χ4v) is 3.08. The molecule has 4 nitrogen and oxygen atoms in total. The number of aromatic nitrogens is 1. The molecule has 0 bridgehead atoms. The van der Waals surface area contributed by atoms with Gasteiger partial charge in [0.15, 0.2) is 0 Å². The predicted molar refractivity (Wildman–Crippen MR) is 81.7 cm³/mol. The number of ether oxygens (including phenoxy) is 1. The molecule has 0 aliphatic carbocycles. The first-order valence-corrected chi connectivity index (χ1v) is 7.32. The Morgan fingerprint density at radius 3 is 2.90 bits per heavy atom. The van der Waals surface area contributed by atoms with Crippen LogP contribution in [0.25, 0.3) is 10.9 Å². The molecule has 0 spiro atoms. The molecule has 2 aromatic rings. The van der Waals surface area contributed by atoms with Crippen molar-refractivity contribution in [2.45, 2.75) is 13.5 Å². The molecule has 2 unspecified atom stereocenters. The van der Waals surface area contributed by atoms with Crippen LogP contribution in [0.3, 0.4) is 0 Å². The summed E-state index contributed by atoms with van der Waals surface area (Å²) in [4.78, 5) is 18.7. The van der Waals surface area contributed by atoms with Crippen molar-refractivity contribution in [2.24, 2.45) is 11.8 Å². The number of fused-ring (bicyclic) bond motifs is 1. The van der Waals surface area contributed by atoms with E-state index in [1.54, 1.807) is 0 Å². The molecule has 4 heteroatoms. The predicted octanol–water partition coefficient (Wildman–Crippen LogP) is 2.48. The topological polar surface area (TPSA) is 42.4 Å². The summed E-state index contributed by atoms with van der Waals surface area (Å²) in [6, 6.07) is 12.3. The molecule has 0 amide bonds. The number of rotatable bonds is 3. The van der Waals surface area contributed by atoms with Crippen molar-refractivity contribution >= 4 is 16.9 Å². The quantitative estimate of drug-likeness (QED) is 0.812. The highest BCUT2D eigenvalue weighted by Crippen LogP contribution is 2.25. The fraction of sp³-hybridized carbons (Fsp3) is 0.412. The Kier molecular flexibility index (Phi) is 3.88. The highest BCUT2D eigenvalue weighted by Gasteiger charge is 2.35. The molecule has 1 saturated heterocycles. The lowest BCUT2D eigenvalue weighted by Gasteiger charge is -2.15. The van der Waals surface area contributed by atoms with Crippen LogP contribution in [0.1, 0.15) is 12.6 Å². The van der Waals surface area contributed by atoms with E-state index in [1.807, 2.05) is 18.2 Å². The summed E-state index contributed by atoms with van der Waals surface area (Å²) in [5, 5.41) is 1.16. The van der Waals surface area contributed by atoms with E-state index in [2.05, 4.69) is 30.0 Å². The first-order valence-electron chi connectivity index (χ1n) is 7.32. The van der Waals surface area contributed by atoms with Gasteiger partial charge < -0.3 is 4.74 Å². The average molecular weight is 284 g/mol. The van der Waals surface area contributed by atoms with Gasteiger partial charge in [0.2, 0.25) is 0 Å². The van der Waals surface area contributed by atoms with Gasteiger partial charge in [0, 0.05) is 25.0 Å². The van der Waals surface area contributed by atoms with Crippen molar-refractivity contribution in [1.82, 2.24) is 9.88 Å². The van der Waals surface area contributed by atoms with Crippen molar-refractivity contribution < 1.29 is 9.53 Å². The zero-order chi connectivity index (χ0) is 14.8. The lowest BCUT2D eigenvalue weighted by molar-refractivity contribution is -0.146. The number of para-hydroxylation sites is 1. The second kappa shape index (κ2) is 5.82. The number of hydrogen-bond acceptors (Lipinski definition) is 4. The number of methoxy groups -OCH3 is 1. The number of carbonyl (C=O) groups excluding carboxylic acids is 1. The van der Waals surface area contributed by atoms with Gasteiger partial charge >= 0.3 is 5.97 Å². The SMILES string of the molecule is COC(=O)C1CN(Cc2ccc3ccccc3n2)CC1C. The molecule has 1 fully saturated rings. The van der Waals surface area contributed by atoms with Crippen LogP contribution in [0.2, 0.25) is 0 Å². The normalized spacial score (nSPS) is 22.6. The number of nitrogens with zero attached hydrogens (tertiary/aromatic N) is 2. The van der Waals surface area contributed by atoms with E-state index < -0.39 is 0 Å². The van der Waals surface area contributed by atoms with Crippen molar-refractivity contribution in [3.8, 4) is 0 Å². The third-order valence-corrected chi connectivity index (χ3v) is 4.23. The minimum absolute atomic E-state index is 0.0181. The standard InChI is InChI=1S/C17H20N2O2/c1-12-9-19(11-15(12)17(20)21-2)10-14-8-7-13-5-3-4-6-16(13)18-14/h3-8,12,15H,9-11H2,1-2H3. The van der Waals surface area contributed by atoms with E-state index in [9.17, 15) is 4.79 Å². The second-order valence-corrected chi connectivity index (χ2v) is 5.80. The minimum atomic E-state index is -0.100. The Hall–Kier alpha value is -1.94. The van der Waals surface area contributed by atoms with Gasteiger partial charge in [0.05, 0.1) is 24.2 Å². The van der Waals surface area contributed by atoms with Gasteiger partial charge in [-0.3, -0.25) is 14.7 Å². The van der Waals surface area contributed by atoms with Crippen LogP contribution in [-0.4, -0.2) is 36.1 Å². The smallest absolute Gasteiger partial charge is 0.310 e. The van der Waals surface area contributed by atoms with Crippen LogP contribution in [0.4, 0.5) is 0 Å². The lowest BCUT2D eigenvalue weighted by Crippen LogP contribution is -2.24. The number of likely N-dealkylation sites (tertiary alicyclic amines) is 1. The molecule has 0 radical (unpaired) electrons. The van der Waals surface area contributed by atoms with E-state index >= 15 is 0 Å². The zero-order valence-corrected chi connectivity index (χ0v) is 12.5. The maximum atomic E-state index is 11.7. The van der Waals surface area contributed by atoms with Gasteiger partial charge in [-0.2, -0.15) is 0 Å². The minimum Gasteiger partial charge on any atom is -0.469 e. The molecule has 3 rings (SSSR count). The summed E-state index contributed by atoms with van der Waals surface area (Å²) in [6.07, 6.45) is 0. The number of benzene rings is 1. The Labute approximate surface area is 124 Å². The molecule has 2 atom stereocenters. The third-order valence-electron chi connectivity index (χ3n) is 4.23. The molecule has 1 aliphatic heterocycles. The van der Waals surface area contributed by atoms with Gasteiger partial charge in [-0.25, -0.2) is 0 Å². The lowest BCUT2D eigenvalue weighted by atomic mass is 9.99. The summed E-state index contributed by atoms with van der Waals surface area (Å²) in [5.41, 5.74) is 2.07. The largest absolute Gasteiger partial charge is 0.469 e. The van der Waals surface area contributed by atoms with Crippen LogP contribution in [0.15, 0.2) is 36.4 Å². The summed E-state index contributed by atoms with van der Waals surface area (Å²) in [7, 11) is 1.46. The Morgan fingerprint density at radius 1 is 1.29 bits per heavy atom. The summed E-state index contributed by atoms with van der Waals surface area (Å²) < 4.78 is 4.88. The van der Waals surface area contributed by atoms with Gasteiger partial charge in [-0.1, -0.05) is 31.2 Å². The van der Waals surface area contributed by atoms with Crippen LogP contribution in [-0.2, 0) is 16.1 Å². The zero-order valence-electron chi connectivity index (χ0n) is 12.5. The molecule has 1 aromatic heterocycles. The van der Waals surface area contributed by atoms with Gasteiger partial charge in [0.25, 0.3) is 0 Å². The summed E-state index contributed by atoms with van der Waals surface area (Å²) in [5.74, 6) is 0.213. The number of hydrogen-bond donors (Lipinski definition) is 0. The van der Waals surface area contributed by atoms with E-state index in [1.165, 1.54) is 7.11 Å². The second-order valence-electron chi connectivity index (χ2n) is 5.80. The van der Waals surface area contributed by atoms with Gasteiger partial charge in [0.1, 0.15) is 0 Å². The van der Waals surface area contributed by atoms with E-state index in [0.29, 0.717) is 5.92 Å². The highest BCUT2D eigenvalue weighted by molar-refractivity contribution is 5.78. The van der Waals surface area contributed by atoms with Gasteiger partial charge in [-0.15, -0.1) is 0 Å². The fourth-order valence-electron chi connectivity index (χ4n) is 3.08. The molecular weight excluding hydrogens is 264 g/mol. The third kappa shape index (κ3) is 2.90. The van der Waals surface area contributed by atoms with Gasteiger partial charge in [-0.05, 0) is 18.1 Å². The van der Waals surface area contributed by atoms with Crippen LogP contribution < -0.4 is 0 Å². The van der Waals surface area contributed by atoms with E-state index in [4.69, 9.17) is 9.72 Å². The first-order chi connectivity index (χ1) is 10.2. The number of carbonyl (C=O) groups is 1. The van der Waals surface area contributed by atoms with Crippen molar-refractivity contribution in [2.75, 3.05) is 20.2 Å². The van der Waals surface area contributed by atoms with Crippen molar-refractivity contribution in [1.29, 1.82) is 0 Å². The molecule has 0 N–H and O–H groups in total. The summed E-state index contributed by atoms with van der Waals surface area (Å²) >= 11 is 0. The number of esters is 1. The van der Waals surface area contributed by atoms with E-state index in [-0.39, 0.29) is 11.9 Å². The molecular formula is C17H20N2O2. The molecule has 1 aromatic carbocycles. The Morgan fingerprint density at radius 2 is 2.10 bits per heavy atom. The maximum absolute atomic E-state index is 11.7. The maximum Gasteiger partial charge on any atom is 0.310 e. The Balaban J connectivity index is 1.72. The van der Waals surface area contributed by atoms with Crippen molar-refractivity contribution in [3.05, 3.63) is 42.1 Å². The summed E-state index contributed by atoms with van der Waals surface area (Å²) in [6.45, 7) is 4.55. The first kappa shape index (κ1) is 14.0. The Bertz CT molecular complexity index is 656. The molecule has 2 heterocycles. The van der Waals surface area contributed by atoms with Crippen LogP contribution in [0, 0.1) is 11.8 Å². The van der Waals surface area contributed by atoms with E-state index in [0.717, 1.165) is 36.2 Å². The molecule has 21 heavy (non-hydrogen) atoms. The molecule has 1 aliphatic rings. The number of pyridine rings is 1. The highest BCUT2D eigenvalue weighted by atomic mass is 16.5. The van der Waals surface area contributed by atoms with Crippen LogP contribution in [0.5, 0.6) is 0 Å². The van der Waals surface area contributed by atoms with Crippen LogP contribution >= 0.6 is 0 Å². The monoisotopic (exact) mass is 284 g/mol. The molecule has 0 saturated carbocycles. The van der Waals surface area contributed by atoms with Crippen molar-refractivity contribution in [3.63, 3.8) is 0 Å². The average Bonchev–Trinajstić information content (AvgIpc) is 2.87. The molecule has 110 valence electrons.